The van der Waals surface area contributed by atoms with Crippen LogP contribution in [0.2, 0.25) is 0 Å². The molecule has 1 N–H and O–H groups in total. The molecule has 0 saturated heterocycles. The Morgan fingerprint density at radius 3 is 2.63 bits per heavy atom. The van der Waals surface area contributed by atoms with E-state index in [-0.39, 0.29) is 11.3 Å². The molecule has 27 heavy (non-hydrogen) atoms. The van der Waals surface area contributed by atoms with Crippen LogP contribution in [-0.4, -0.2) is 8.18 Å². The summed E-state index contributed by atoms with van der Waals surface area (Å²) in [5.74, 6) is -0.631. The molecule has 1 unspecified atom stereocenters. The first-order valence-corrected chi connectivity index (χ1v) is 12.1. The molecule has 4 nitrogen and oxygen atoms in total. The molecule has 3 aromatic rings. The monoisotopic (exact) mass is 509 g/mol. The lowest BCUT2D eigenvalue weighted by molar-refractivity contribution is 0.631. The Bertz CT molecular complexity index is 1060. The molecule has 136 valence electrons. The number of aromatic nitrogens is 1. The third-order valence-electron chi connectivity index (χ3n) is 3.79. The Hall–Kier alpha value is -2.09. The smallest absolute Gasteiger partial charge is 0.152 e. The van der Waals surface area contributed by atoms with Crippen molar-refractivity contribution >= 4 is 52.6 Å². The standard InChI is InChI=1S/C19H13FIN3OS2/c1-13(15-5-3-2-4-6-15)16-11-24(26-21)12-19(16)27(25)23-18-8-7-14(10-22)9-17(18)20/h2-9,11-12,23H,1H2. The van der Waals surface area contributed by atoms with Gasteiger partial charge in [-0.3, -0.25) is 8.69 Å². The molecule has 1 heterocycles. The molecule has 0 aliphatic rings. The van der Waals surface area contributed by atoms with Crippen molar-refractivity contribution < 1.29 is 8.60 Å². The number of anilines is 1. The number of nitrogens with one attached hydrogen (secondary N) is 1. The average Bonchev–Trinajstić information content (AvgIpc) is 3.14. The molecule has 3 rings (SSSR count). The second-order valence-electron chi connectivity index (χ2n) is 5.49. The molecule has 0 fully saturated rings. The summed E-state index contributed by atoms with van der Waals surface area (Å²) in [5, 5.41) is 8.84. The van der Waals surface area contributed by atoms with Crippen LogP contribution >= 0.6 is 30.3 Å². The van der Waals surface area contributed by atoms with Crippen molar-refractivity contribution in [2.24, 2.45) is 0 Å². The third kappa shape index (κ3) is 4.43. The number of nitriles is 1. The van der Waals surface area contributed by atoms with Crippen LogP contribution in [-0.2, 0) is 11.0 Å². The van der Waals surface area contributed by atoms with Crippen molar-refractivity contribution in [2.45, 2.75) is 4.90 Å². The molecular formula is C19H13FIN3OS2. The summed E-state index contributed by atoms with van der Waals surface area (Å²) in [6.45, 7) is 4.14. The van der Waals surface area contributed by atoms with Gasteiger partial charge in [0, 0.05) is 48.3 Å². The zero-order valence-corrected chi connectivity index (χ0v) is 17.6. The lowest BCUT2D eigenvalue weighted by Crippen LogP contribution is -2.07. The molecule has 0 amide bonds. The third-order valence-corrected chi connectivity index (χ3v) is 6.66. The number of halogens is 2. The Morgan fingerprint density at radius 2 is 2.00 bits per heavy atom. The van der Waals surface area contributed by atoms with Crippen LogP contribution in [0, 0.1) is 17.1 Å². The van der Waals surface area contributed by atoms with Crippen molar-refractivity contribution in [1.82, 2.24) is 3.97 Å². The van der Waals surface area contributed by atoms with Crippen LogP contribution in [0.15, 0.2) is 72.4 Å². The summed E-state index contributed by atoms with van der Waals surface area (Å²) >= 11 is 2.12. The van der Waals surface area contributed by atoms with E-state index in [9.17, 15) is 8.60 Å². The normalized spacial score (nSPS) is 11.6. The predicted octanol–water partition coefficient (Wildman–Crippen LogP) is 5.54. The Kier molecular flexibility index (Phi) is 6.36. The lowest BCUT2D eigenvalue weighted by Gasteiger charge is -2.10. The molecule has 0 aliphatic heterocycles. The first-order chi connectivity index (χ1) is 13.0. The van der Waals surface area contributed by atoms with E-state index in [0.717, 1.165) is 17.2 Å². The fraction of sp³-hybridized carbons (Fsp3) is 0. The van der Waals surface area contributed by atoms with E-state index in [4.69, 9.17) is 5.26 Å². The number of nitrogens with zero attached hydrogens (tertiary/aromatic N) is 2. The van der Waals surface area contributed by atoms with E-state index in [1.807, 2.05) is 46.6 Å². The highest BCUT2D eigenvalue weighted by molar-refractivity contribution is 14.2. The molecule has 8 heteroatoms. The lowest BCUT2D eigenvalue weighted by atomic mass is 10.0. The highest BCUT2D eigenvalue weighted by atomic mass is 127. The van der Waals surface area contributed by atoms with E-state index < -0.39 is 16.8 Å². The fourth-order valence-electron chi connectivity index (χ4n) is 2.44. The van der Waals surface area contributed by atoms with Gasteiger partial charge in [-0.15, -0.1) is 0 Å². The number of hydrogen-bond acceptors (Lipinski definition) is 3. The highest BCUT2D eigenvalue weighted by Gasteiger charge is 2.18. The van der Waals surface area contributed by atoms with E-state index in [1.165, 1.54) is 21.3 Å². The van der Waals surface area contributed by atoms with E-state index in [1.54, 1.807) is 6.20 Å². The molecular weight excluding hydrogens is 496 g/mol. The van der Waals surface area contributed by atoms with E-state index >= 15 is 0 Å². The van der Waals surface area contributed by atoms with Crippen LogP contribution in [0.1, 0.15) is 16.7 Å². The van der Waals surface area contributed by atoms with Gasteiger partial charge in [-0.25, -0.2) is 8.60 Å². The van der Waals surface area contributed by atoms with Crippen LogP contribution in [0.4, 0.5) is 10.1 Å². The second kappa shape index (κ2) is 8.73. The second-order valence-corrected chi connectivity index (χ2v) is 8.41. The SMILES string of the molecule is C=C(c1ccccc1)c1cn(SI)cc1S(=O)Nc1ccc(C#N)cc1F. The van der Waals surface area contributed by atoms with Crippen molar-refractivity contribution in [3.05, 3.63) is 90.0 Å². The van der Waals surface area contributed by atoms with Gasteiger partial charge in [0.15, 0.2) is 11.0 Å². The Morgan fingerprint density at radius 1 is 1.26 bits per heavy atom. The zero-order valence-electron chi connectivity index (χ0n) is 13.9. The van der Waals surface area contributed by atoms with Gasteiger partial charge in [-0.2, -0.15) is 5.26 Å². The molecule has 1 atom stereocenters. The maximum Gasteiger partial charge on any atom is 0.152 e. The van der Waals surface area contributed by atoms with Crippen molar-refractivity contribution in [3.8, 4) is 6.07 Å². The minimum absolute atomic E-state index is 0.0680. The summed E-state index contributed by atoms with van der Waals surface area (Å²) < 4.78 is 31.5. The van der Waals surface area contributed by atoms with Gasteiger partial charge in [-0.05, 0) is 29.3 Å². The van der Waals surface area contributed by atoms with Crippen LogP contribution < -0.4 is 4.72 Å². The summed E-state index contributed by atoms with van der Waals surface area (Å²) in [7, 11) is -0.290. The minimum atomic E-state index is -1.71. The van der Waals surface area contributed by atoms with Crippen LogP contribution in [0.3, 0.4) is 0 Å². The largest absolute Gasteiger partial charge is 0.298 e. The molecule has 1 aromatic heterocycles. The zero-order chi connectivity index (χ0) is 19.4. The number of benzene rings is 2. The van der Waals surface area contributed by atoms with Crippen molar-refractivity contribution in [1.29, 1.82) is 5.26 Å². The van der Waals surface area contributed by atoms with Gasteiger partial charge in [0.05, 0.1) is 22.2 Å². The summed E-state index contributed by atoms with van der Waals surface area (Å²) in [6, 6.07) is 15.4. The Labute approximate surface area is 175 Å². The van der Waals surface area contributed by atoms with Gasteiger partial charge in [0.25, 0.3) is 0 Å². The summed E-state index contributed by atoms with van der Waals surface area (Å²) in [4.78, 5) is 0.497. The number of rotatable bonds is 6. The first kappa shape index (κ1) is 19.7. The maximum absolute atomic E-state index is 14.1. The topological polar surface area (TPSA) is 57.8 Å². The van der Waals surface area contributed by atoms with Crippen molar-refractivity contribution in [2.75, 3.05) is 4.72 Å². The number of hydrogen-bond donors (Lipinski definition) is 1. The molecule has 0 aliphatic carbocycles. The minimum Gasteiger partial charge on any atom is -0.298 e. The van der Waals surface area contributed by atoms with Gasteiger partial charge in [-0.1, -0.05) is 36.9 Å². The quantitative estimate of drug-likeness (QED) is 0.444. The summed E-state index contributed by atoms with van der Waals surface area (Å²) in [5.41, 5.74) is 2.62. The van der Waals surface area contributed by atoms with Gasteiger partial charge in [0.2, 0.25) is 0 Å². The summed E-state index contributed by atoms with van der Waals surface area (Å²) in [6.07, 6.45) is 3.57. The average molecular weight is 509 g/mol. The highest BCUT2D eigenvalue weighted by Crippen LogP contribution is 2.31. The van der Waals surface area contributed by atoms with E-state index in [0.29, 0.717) is 10.5 Å². The Balaban J connectivity index is 1.94. The van der Waals surface area contributed by atoms with E-state index in [2.05, 4.69) is 32.5 Å². The maximum atomic E-state index is 14.1. The molecule has 0 saturated carbocycles. The van der Waals surface area contributed by atoms with Gasteiger partial charge >= 0.3 is 0 Å². The van der Waals surface area contributed by atoms with Gasteiger partial charge in [0.1, 0.15) is 5.82 Å². The predicted molar refractivity (Wildman–Crippen MR) is 117 cm³/mol. The molecule has 2 aromatic carbocycles. The first-order valence-electron chi connectivity index (χ1n) is 7.67. The molecule has 0 spiro atoms. The fourth-order valence-corrected chi connectivity index (χ4v) is 4.54. The molecule has 0 bridgehead atoms. The van der Waals surface area contributed by atoms with Crippen molar-refractivity contribution in [3.63, 3.8) is 0 Å². The van der Waals surface area contributed by atoms with Gasteiger partial charge < -0.3 is 0 Å². The van der Waals surface area contributed by atoms with Crippen LogP contribution in [0.5, 0.6) is 0 Å². The molecule has 0 radical (unpaired) electrons. The van der Waals surface area contributed by atoms with Crippen LogP contribution in [0.25, 0.3) is 5.57 Å².